The van der Waals surface area contributed by atoms with Gasteiger partial charge < -0.3 is 20.3 Å². The average Bonchev–Trinajstić information content (AvgIpc) is 3.51. The summed E-state index contributed by atoms with van der Waals surface area (Å²) in [5, 5.41) is 4.79. The summed E-state index contributed by atoms with van der Waals surface area (Å²) in [6.07, 6.45) is -3.24. The Bertz CT molecular complexity index is 866. The zero-order valence-electron chi connectivity index (χ0n) is 16.9. The number of alkyl halides is 3. The maximum atomic E-state index is 12.5. The highest BCUT2D eigenvalue weighted by Crippen LogP contribution is 2.37. The van der Waals surface area contributed by atoms with Crippen molar-refractivity contribution in [2.24, 2.45) is 5.92 Å². The molecule has 0 spiro atoms. The quantitative estimate of drug-likeness (QED) is 0.636. The third kappa shape index (κ3) is 5.23. The second kappa shape index (κ2) is 8.94. The first kappa shape index (κ1) is 23.2. The lowest BCUT2D eigenvalue weighted by Crippen LogP contribution is -2.53. The van der Waals surface area contributed by atoms with Gasteiger partial charge in [0.15, 0.2) is 0 Å². The monoisotopic (exact) mass is 461 g/mol. The Hall–Kier alpha value is -2.49. The normalized spacial score (nSPS) is 18.3. The Balaban J connectivity index is 1.53. The highest BCUT2D eigenvalue weighted by molar-refractivity contribution is 6.34. The molecular formula is C20H23ClF3N3O4. The minimum Gasteiger partial charge on any atom is -0.465 e. The van der Waals surface area contributed by atoms with Crippen molar-refractivity contribution in [1.82, 2.24) is 10.6 Å². The number of methoxy groups -OCH3 is 1. The number of amides is 2. The Morgan fingerprint density at radius 3 is 2.42 bits per heavy atom. The van der Waals surface area contributed by atoms with Crippen molar-refractivity contribution in [2.45, 2.75) is 37.4 Å². The Morgan fingerprint density at radius 2 is 1.87 bits per heavy atom. The summed E-state index contributed by atoms with van der Waals surface area (Å²) in [4.78, 5) is 37.6. The van der Waals surface area contributed by atoms with Crippen LogP contribution >= 0.6 is 11.6 Å². The van der Waals surface area contributed by atoms with Crippen LogP contribution < -0.4 is 15.5 Å². The minimum atomic E-state index is -5.02. The summed E-state index contributed by atoms with van der Waals surface area (Å²) in [6, 6.07) is 5.16. The molecule has 7 nitrogen and oxygen atoms in total. The van der Waals surface area contributed by atoms with E-state index < -0.39 is 29.5 Å². The van der Waals surface area contributed by atoms with Gasteiger partial charge in [0.05, 0.1) is 17.8 Å². The van der Waals surface area contributed by atoms with Crippen molar-refractivity contribution >= 4 is 35.1 Å². The second-order valence-corrected chi connectivity index (χ2v) is 8.21. The number of hydrogen-bond donors (Lipinski definition) is 2. The number of rotatable bonds is 6. The first-order valence-corrected chi connectivity index (χ1v) is 10.2. The molecule has 0 aromatic heterocycles. The highest BCUT2D eigenvalue weighted by Gasteiger charge is 2.55. The summed E-state index contributed by atoms with van der Waals surface area (Å²) in [7, 11) is 1.29. The smallest absolute Gasteiger partial charge is 0.465 e. The van der Waals surface area contributed by atoms with Crippen LogP contribution in [0.2, 0.25) is 5.02 Å². The zero-order chi connectivity index (χ0) is 22.8. The molecule has 1 heterocycles. The number of ether oxygens (including phenoxy) is 1. The molecule has 3 rings (SSSR count). The number of piperidine rings is 1. The number of hydrogen-bond acceptors (Lipinski definition) is 5. The van der Waals surface area contributed by atoms with Crippen LogP contribution in [0.3, 0.4) is 0 Å². The van der Waals surface area contributed by atoms with Gasteiger partial charge in [-0.25, -0.2) is 4.79 Å². The van der Waals surface area contributed by atoms with Gasteiger partial charge in [-0.05, 0) is 43.7 Å². The first-order chi connectivity index (χ1) is 14.6. The topological polar surface area (TPSA) is 87.7 Å². The number of carbonyl (C=O) groups excluding carboxylic acids is 3. The van der Waals surface area contributed by atoms with Crippen LogP contribution in [0.25, 0.3) is 0 Å². The molecule has 2 N–H and O–H groups in total. The molecule has 1 saturated heterocycles. The molecule has 0 bridgehead atoms. The summed E-state index contributed by atoms with van der Waals surface area (Å²) >= 11 is 6.17. The standard InChI is InChI=1S/C20H23ClF3N3O4/c1-31-16(28)15-13(21)3-2-4-14(15)27-9-5-12(6-10-27)11-25-17(29)19(7-8-19)26-18(30)20(22,23)24/h2-4,12H,5-11H2,1H3,(H,25,29)(H,26,30). The Labute approximate surface area is 182 Å². The average molecular weight is 462 g/mol. The van der Waals surface area contributed by atoms with Gasteiger partial charge in [0, 0.05) is 19.6 Å². The number of nitrogens with zero attached hydrogens (tertiary/aromatic N) is 1. The molecule has 1 aromatic carbocycles. The van der Waals surface area contributed by atoms with E-state index in [-0.39, 0.29) is 18.8 Å². The van der Waals surface area contributed by atoms with E-state index in [2.05, 4.69) is 5.32 Å². The van der Waals surface area contributed by atoms with Gasteiger partial charge in [-0.1, -0.05) is 17.7 Å². The van der Waals surface area contributed by atoms with Crippen LogP contribution in [0.1, 0.15) is 36.0 Å². The predicted molar refractivity (Wildman–Crippen MR) is 107 cm³/mol. The van der Waals surface area contributed by atoms with E-state index in [1.165, 1.54) is 7.11 Å². The van der Waals surface area contributed by atoms with Crippen LogP contribution in [0.4, 0.5) is 18.9 Å². The maximum Gasteiger partial charge on any atom is 0.471 e. The maximum absolute atomic E-state index is 12.5. The fourth-order valence-electron chi connectivity index (χ4n) is 3.69. The molecule has 2 amide bonds. The summed E-state index contributed by atoms with van der Waals surface area (Å²) in [5.41, 5.74) is -0.480. The summed E-state index contributed by atoms with van der Waals surface area (Å²) in [5.74, 6) is -3.09. The van der Waals surface area contributed by atoms with Gasteiger partial charge in [0.1, 0.15) is 11.1 Å². The summed E-state index contributed by atoms with van der Waals surface area (Å²) in [6.45, 7) is 1.53. The number of halogens is 4. The molecular weight excluding hydrogens is 439 g/mol. The van der Waals surface area contributed by atoms with Gasteiger partial charge in [0.2, 0.25) is 5.91 Å². The van der Waals surface area contributed by atoms with E-state index in [1.807, 2.05) is 10.2 Å². The molecule has 1 saturated carbocycles. The van der Waals surface area contributed by atoms with Crippen LogP contribution in [0.15, 0.2) is 18.2 Å². The van der Waals surface area contributed by atoms with E-state index >= 15 is 0 Å². The van der Waals surface area contributed by atoms with E-state index in [9.17, 15) is 27.6 Å². The molecule has 1 aliphatic carbocycles. The Morgan fingerprint density at radius 1 is 1.23 bits per heavy atom. The van der Waals surface area contributed by atoms with E-state index in [0.717, 1.165) is 0 Å². The molecule has 0 atom stereocenters. The van der Waals surface area contributed by atoms with Gasteiger partial charge in [0.25, 0.3) is 0 Å². The minimum absolute atomic E-state index is 0.120. The highest BCUT2D eigenvalue weighted by atomic mass is 35.5. The molecule has 0 unspecified atom stereocenters. The van der Waals surface area contributed by atoms with Crippen LogP contribution in [0, 0.1) is 5.92 Å². The summed E-state index contributed by atoms with van der Waals surface area (Å²) < 4.78 is 42.2. The van der Waals surface area contributed by atoms with Gasteiger partial charge in [-0.15, -0.1) is 0 Å². The Kier molecular flexibility index (Phi) is 6.68. The van der Waals surface area contributed by atoms with Crippen LogP contribution in [0.5, 0.6) is 0 Å². The van der Waals surface area contributed by atoms with E-state index in [4.69, 9.17) is 16.3 Å². The van der Waals surface area contributed by atoms with Crippen molar-refractivity contribution in [1.29, 1.82) is 0 Å². The lowest BCUT2D eigenvalue weighted by molar-refractivity contribution is -0.175. The number of anilines is 1. The lowest BCUT2D eigenvalue weighted by Gasteiger charge is -2.35. The van der Waals surface area contributed by atoms with Crippen molar-refractivity contribution < 1.29 is 32.3 Å². The van der Waals surface area contributed by atoms with Crippen molar-refractivity contribution in [3.05, 3.63) is 28.8 Å². The third-order valence-electron chi connectivity index (χ3n) is 5.68. The largest absolute Gasteiger partial charge is 0.471 e. The number of nitrogens with one attached hydrogen (secondary N) is 2. The van der Waals surface area contributed by atoms with Gasteiger partial charge >= 0.3 is 18.1 Å². The van der Waals surface area contributed by atoms with E-state index in [0.29, 0.717) is 48.7 Å². The fourth-order valence-corrected chi connectivity index (χ4v) is 3.93. The van der Waals surface area contributed by atoms with Crippen LogP contribution in [-0.2, 0) is 14.3 Å². The van der Waals surface area contributed by atoms with E-state index in [1.54, 1.807) is 18.2 Å². The van der Waals surface area contributed by atoms with Crippen molar-refractivity contribution in [3.63, 3.8) is 0 Å². The first-order valence-electron chi connectivity index (χ1n) is 9.87. The molecule has 11 heteroatoms. The molecule has 31 heavy (non-hydrogen) atoms. The lowest BCUT2D eigenvalue weighted by atomic mass is 9.95. The molecule has 170 valence electrons. The van der Waals surface area contributed by atoms with Crippen molar-refractivity contribution in [3.8, 4) is 0 Å². The zero-order valence-corrected chi connectivity index (χ0v) is 17.6. The van der Waals surface area contributed by atoms with Gasteiger partial charge in [-0.2, -0.15) is 13.2 Å². The second-order valence-electron chi connectivity index (χ2n) is 7.80. The molecule has 1 aliphatic heterocycles. The van der Waals surface area contributed by atoms with Gasteiger partial charge in [-0.3, -0.25) is 9.59 Å². The number of carbonyl (C=O) groups is 3. The predicted octanol–water partition coefficient (Wildman–Crippen LogP) is 2.67. The molecule has 0 radical (unpaired) electrons. The fraction of sp³-hybridized carbons (Fsp3) is 0.550. The molecule has 2 fully saturated rings. The number of esters is 1. The molecule has 2 aliphatic rings. The van der Waals surface area contributed by atoms with Crippen LogP contribution in [-0.4, -0.2) is 56.2 Å². The number of benzene rings is 1. The third-order valence-corrected chi connectivity index (χ3v) is 6.00. The molecule has 1 aromatic rings. The van der Waals surface area contributed by atoms with Crippen molar-refractivity contribution in [2.75, 3.05) is 31.6 Å². The SMILES string of the molecule is COC(=O)c1c(Cl)cccc1N1CCC(CNC(=O)C2(NC(=O)C(F)(F)F)CC2)CC1.